The fraction of sp³-hybridized carbons (Fsp3) is 0.643. The summed E-state index contributed by atoms with van der Waals surface area (Å²) in [6.07, 6.45) is 3.20. The maximum atomic E-state index is 11.4. The lowest BCUT2D eigenvalue weighted by molar-refractivity contribution is 0.405. The Morgan fingerprint density at radius 1 is 1.65 bits per heavy atom. The molecule has 0 saturated heterocycles. The number of thioether (sulfide) groups is 1. The topological polar surface area (TPSA) is 81.6 Å². The zero-order valence-electron chi connectivity index (χ0n) is 11.9. The van der Waals surface area contributed by atoms with Crippen LogP contribution in [-0.4, -0.2) is 27.8 Å². The number of nitrogens with zero attached hydrogens (tertiary/aromatic N) is 2. The van der Waals surface area contributed by atoms with Crippen LogP contribution in [0.5, 0.6) is 0 Å². The smallest absolute Gasteiger partial charge is 0.251 e. The molecule has 0 amide bonds. The second-order valence-corrected chi connectivity index (χ2v) is 6.23. The maximum Gasteiger partial charge on any atom is 0.251 e. The number of aromatic amines is 1. The Bertz CT molecular complexity index is 561. The van der Waals surface area contributed by atoms with E-state index in [-0.39, 0.29) is 5.56 Å². The Morgan fingerprint density at radius 2 is 2.40 bits per heavy atom. The summed E-state index contributed by atoms with van der Waals surface area (Å²) >= 11 is 1.45. The van der Waals surface area contributed by atoms with Gasteiger partial charge in [0.15, 0.2) is 5.16 Å². The van der Waals surface area contributed by atoms with Crippen LogP contribution >= 0.6 is 11.8 Å². The van der Waals surface area contributed by atoms with Gasteiger partial charge in [0.2, 0.25) is 0 Å². The van der Waals surface area contributed by atoms with Crippen LogP contribution in [0.2, 0.25) is 0 Å². The van der Waals surface area contributed by atoms with Crippen molar-refractivity contribution >= 4 is 11.8 Å². The Balaban J connectivity index is 2.08. The number of rotatable bonds is 7. The number of aromatic nitrogens is 2. The van der Waals surface area contributed by atoms with Crippen LogP contribution in [-0.2, 0) is 0 Å². The molecule has 1 aromatic rings. The molecule has 20 heavy (non-hydrogen) atoms. The van der Waals surface area contributed by atoms with Crippen LogP contribution in [0, 0.1) is 24.2 Å². The molecule has 0 spiro atoms. The normalized spacial score (nSPS) is 17.4. The summed E-state index contributed by atoms with van der Waals surface area (Å²) in [5.74, 6) is 1.03. The highest BCUT2D eigenvalue weighted by Gasteiger charge is 2.45. The molecule has 1 fully saturated rings. The molecule has 1 unspecified atom stereocenters. The second-order valence-electron chi connectivity index (χ2n) is 5.26. The monoisotopic (exact) mass is 292 g/mol. The van der Waals surface area contributed by atoms with E-state index in [2.05, 4.69) is 28.3 Å². The van der Waals surface area contributed by atoms with Gasteiger partial charge in [-0.05, 0) is 38.6 Å². The van der Waals surface area contributed by atoms with E-state index in [1.54, 1.807) is 6.92 Å². The number of nitrogens with one attached hydrogen (secondary N) is 2. The highest BCUT2D eigenvalue weighted by atomic mass is 32.2. The van der Waals surface area contributed by atoms with Crippen molar-refractivity contribution in [2.75, 3.05) is 12.3 Å². The quantitative estimate of drug-likeness (QED) is 0.592. The van der Waals surface area contributed by atoms with Gasteiger partial charge in [0, 0.05) is 17.5 Å². The fourth-order valence-corrected chi connectivity index (χ4v) is 3.35. The van der Waals surface area contributed by atoms with E-state index < -0.39 is 5.54 Å². The summed E-state index contributed by atoms with van der Waals surface area (Å²) in [7, 11) is 0. The summed E-state index contributed by atoms with van der Waals surface area (Å²) in [6.45, 7) is 4.73. The van der Waals surface area contributed by atoms with Crippen molar-refractivity contribution in [3.8, 4) is 6.07 Å². The predicted molar refractivity (Wildman–Crippen MR) is 79.7 cm³/mol. The first-order valence-corrected chi connectivity index (χ1v) is 7.95. The van der Waals surface area contributed by atoms with Crippen molar-refractivity contribution < 1.29 is 0 Å². The molecule has 1 saturated carbocycles. The summed E-state index contributed by atoms with van der Waals surface area (Å²) in [6, 6.07) is 3.93. The Labute approximate surface area is 123 Å². The SMILES string of the molecule is CCCNC(C#N)(CSc1nc(C)cc(=O)[nH]1)C1CC1. The van der Waals surface area contributed by atoms with Gasteiger partial charge in [-0.1, -0.05) is 18.7 Å². The third kappa shape index (κ3) is 3.62. The molecule has 108 valence electrons. The number of hydrogen-bond acceptors (Lipinski definition) is 5. The lowest BCUT2D eigenvalue weighted by atomic mass is 9.97. The Morgan fingerprint density at radius 3 is 2.95 bits per heavy atom. The standard InChI is InChI=1S/C14H20N4OS/c1-3-6-16-14(8-15,11-4-5-11)9-20-13-17-10(2)7-12(19)18-13/h7,11,16H,3-6,9H2,1-2H3,(H,17,18,19). The molecule has 0 aliphatic heterocycles. The van der Waals surface area contributed by atoms with Crippen molar-refractivity contribution in [3.05, 3.63) is 22.1 Å². The van der Waals surface area contributed by atoms with Gasteiger partial charge in [-0.2, -0.15) is 5.26 Å². The van der Waals surface area contributed by atoms with Crippen LogP contribution in [0.15, 0.2) is 16.0 Å². The van der Waals surface area contributed by atoms with Crippen LogP contribution in [0.4, 0.5) is 0 Å². The molecule has 1 heterocycles. The summed E-state index contributed by atoms with van der Waals surface area (Å²) in [5.41, 5.74) is 0.0606. The molecule has 6 heteroatoms. The summed E-state index contributed by atoms with van der Waals surface area (Å²) < 4.78 is 0. The highest BCUT2D eigenvalue weighted by molar-refractivity contribution is 7.99. The first kappa shape index (κ1) is 15.1. The molecule has 1 atom stereocenters. The summed E-state index contributed by atoms with van der Waals surface area (Å²) in [4.78, 5) is 18.5. The third-order valence-corrected chi connectivity index (χ3v) is 4.52. The average Bonchev–Trinajstić information content (AvgIpc) is 3.23. The van der Waals surface area contributed by atoms with Gasteiger partial charge in [-0.25, -0.2) is 4.98 Å². The van der Waals surface area contributed by atoms with E-state index in [1.165, 1.54) is 17.8 Å². The van der Waals surface area contributed by atoms with Gasteiger partial charge in [0.1, 0.15) is 5.54 Å². The maximum absolute atomic E-state index is 11.4. The number of H-pyrrole nitrogens is 1. The molecular formula is C14H20N4OS. The third-order valence-electron chi connectivity index (χ3n) is 3.45. The van der Waals surface area contributed by atoms with Crippen LogP contribution in [0.3, 0.4) is 0 Å². The molecule has 2 N–H and O–H groups in total. The van der Waals surface area contributed by atoms with E-state index in [0.29, 0.717) is 22.5 Å². The Hall–Kier alpha value is -1.32. The second kappa shape index (κ2) is 6.42. The predicted octanol–water partition coefficient (Wildman–Crippen LogP) is 1.84. The van der Waals surface area contributed by atoms with Gasteiger partial charge in [-0.3, -0.25) is 10.1 Å². The van der Waals surface area contributed by atoms with Crippen LogP contribution < -0.4 is 10.9 Å². The van der Waals surface area contributed by atoms with Crippen molar-refractivity contribution in [3.63, 3.8) is 0 Å². The minimum absolute atomic E-state index is 0.143. The molecule has 2 rings (SSSR count). The first-order valence-electron chi connectivity index (χ1n) is 6.96. The fourth-order valence-electron chi connectivity index (χ4n) is 2.20. The van der Waals surface area contributed by atoms with E-state index in [0.717, 1.165) is 25.8 Å². The zero-order chi connectivity index (χ0) is 14.6. The highest BCUT2D eigenvalue weighted by Crippen LogP contribution is 2.41. The van der Waals surface area contributed by atoms with Crippen molar-refractivity contribution in [2.24, 2.45) is 5.92 Å². The molecular weight excluding hydrogens is 272 g/mol. The van der Waals surface area contributed by atoms with E-state index in [9.17, 15) is 10.1 Å². The van der Waals surface area contributed by atoms with E-state index >= 15 is 0 Å². The van der Waals surface area contributed by atoms with Gasteiger partial charge in [0.05, 0.1) is 6.07 Å². The lowest BCUT2D eigenvalue weighted by Crippen LogP contribution is -2.48. The molecule has 1 aliphatic rings. The number of aryl methyl sites for hydroxylation is 1. The van der Waals surface area contributed by atoms with E-state index in [4.69, 9.17) is 0 Å². The van der Waals surface area contributed by atoms with Crippen molar-refractivity contribution in [2.45, 2.75) is 43.8 Å². The van der Waals surface area contributed by atoms with Crippen LogP contribution in [0.1, 0.15) is 31.9 Å². The largest absolute Gasteiger partial charge is 0.301 e. The molecule has 5 nitrogen and oxygen atoms in total. The molecule has 1 aromatic heterocycles. The van der Waals surface area contributed by atoms with Crippen LogP contribution in [0.25, 0.3) is 0 Å². The Kier molecular flexibility index (Phi) is 4.84. The minimum atomic E-state index is -0.497. The summed E-state index contributed by atoms with van der Waals surface area (Å²) in [5, 5.41) is 13.6. The number of nitriles is 1. The van der Waals surface area contributed by atoms with Gasteiger partial charge < -0.3 is 4.98 Å². The van der Waals surface area contributed by atoms with E-state index in [1.807, 2.05) is 0 Å². The molecule has 0 radical (unpaired) electrons. The van der Waals surface area contributed by atoms with Gasteiger partial charge in [0.25, 0.3) is 5.56 Å². The first-order chi connectivity index (χ1) is 9.59. The van der Waals surface area contributed by atoms with Gasteiger partial charge >= 0.3 is 0 Å². The van der Waals surface area contributed by atoms with Crippen molar-refractivity contribution in [1.29, 1.82) is 5.26 Å². The average molecular weight is 292 g/mol. The molecule has 1 aliphatic carbocycles. The zero-order valence-corrected chi connectivity index (χ0v) is 12.7. The molecule has 0 aromatic carbocycles. The van der Waals surface area contributed by atoms with Gasteiger partial charge in [-0.15, -0.1) is 0 Å². The minimum Gasteiger partial charge on any atom is -0.301 e. The lowest BCUT2D eigenvalue weighted by Gasteiger charge is -2.27. The van der Waals surface area contributed by atoms with Crippen molar-refractivity contribution in [1.82, 2.24) is 15.3 Å². The molecule has 0 bridgehead atoms. The number of hydrogen-bond donors (Lipinski definition) is 2.